The van der Waals surface area contributed by atoms with E-state index >= 15 is 0 Å². The van der Waals surface area contributed by atoms with Crippen molar-refractivity contribution in [3.05, 3.63) is 24.5 Å². The molecule has 2 aliphatic heterocycles. The molecule has 2 saturated heterocycles. The van der Waals surface area contributed by atoms with Crippen molar-refractivity contribution >= 4 is 10.0 Å². The number of likely N-dealkylation sites (tertiary alicyclic amines) is 1. The van der Waals surface area contributed by atoms with Crippen LogP contribution in [0, 0.1) is 0 Å². The minimum absolute atomic E-state index is 0.264. The zero-order valence-electron chi connectivity index (χ0n) is 15.2. The number of hydrogen-bond donors (Lipinski definition) is 0. The summed E-state index contributed by atoms with van der Waals surface area (Å²) in [6.45, 7) is 6.87. The van der Waals surface area contributed by atoms with Crippen molar-refractivity contribution in [3.8, 4) is 5.75 Å². The van der Waals surface area contributed by atoms with Crippen molar-refractivity contribution in [3.63, 3.8) is 0 Å². The molecule has 1 aromatic heterocycles. The Labute approximate surface area is 151 Å². The molecule has 0 saturated carbocycles. The van der Waals surface area contributed by atoms with Crippen molar-refractivity contribution in [1.29, 1.82) is 0 Å². The van der Waals surface area contributed by atoms with Crippen molar-refractivity contribution < 1.29 is 13.2 Å². The van der Waals surface area contributed by atoms with Gasteiger partial charge in [-0.05, 0) is 51.7 Å². The molecule has 0 radical (unpaired) electrons. The smallest absolute Gasteiger partial charge is 0.216 e. The number of rotatable bonds is 5. The average Bonchev–Trinajstić information content (AvgIpc) is 2.63. The Balaban J connectivity index is 1.45. The lowest BCUT2D eigenvalue weighted by Crippen LogP contribution is -2.50. The highest BCUT2D eigenvalue weighted by molar-refractivity contribution is 7.89. The molecule has 0 spiro atoms. The molecule has 0 aromatic carbocycles. The van der Waals surface area contributed by atoms with E-state index in [0.717, 1.165) is 44.5 Å². The SMILES string of the molecule is CC(C)S(=O)(=O)N1CCC(N2CCC(Oc3ccncc3)CC2)CC1. The number of piperidine rings is 2. The van der Waals surface area contributed by atoms with Gasteiger partial charge in [0.1, 0.15) is 11.9 Å². The summed E-state index contributed by atoms with van der Waals surface area (Å²) in [6.07, 6.45) is 7.68. The summed E-state index contributed by atoms with van der Waals surface area (Å²) in [5.41, 5.74) is 0. The van der Waals surface area contributed by atoms with Crippen molar-refractivity contribution in [2.45, 2.75) is 56.9 Å². The van der Waals surface area contributed by atoms with Crippen LogP contribution >= 0.6 is 0 Å². The highest BCUT2D eigenvalue weighted by Gasteiger charge is 2.33. The Hall–Kier alpha value is -1.18. The van der Waals surface area contributed by atoms with Gasteiger partial charge in [0.05, 0.1) is 5.25 Å². The number of ether oxygens (including phenoxy) is 1. The average molecular weight is 368 g/mol. The molecular weight excluding hydrogens is 338 g/mol. The molecule has 0 bridgehead atoms. The van der Waals surface area contributed by atoms with E-state index in [2.05, 4.69) is 9.88 Å². The summed E-state index contributed by atoms with van der Waals surface area (Å²) in [7, 11) is -3.11. The normalized spacial score (nSPS) is 22.4. The molecule has 7 heteroatoms. The molecular formula is C18H29N3O3S. The minimum Gasteiger partial charge on any atom is -0.490 e. The van der Waals surface area contributed by atoms with E-state index in [-0.39, 0.29) is 11.4 Å². The number of aromatic nitrogens is 1. The van der Waals surface area contributed by atoms with Crippen molar-refractivity contribution in [2.24, 2.45) is 0 Å². The van der Waals surface area contributed by atoms with Gasteiger partial charge in [0.25, 0.3) is 0 Å². The summed E-state index contributed by atoms with van der Waals surface area (Å²) in [5, 5.41) is -0.329. The second-order valence-corrected chi connectivity index (χ2v) is 9.75. The van der Waals surface area contributed by atoms with Gasteiger partial charge >= 0.3 is 0 Å². The number of sulfonamides is 1. The molecule has 0 aliphatic carbocycles. The Morgan fingerprint density at radius 2 is 1.64 bits per heavy atom. The van der Waals surface area contributed by atoms with Gasteiger partial charge in [0.2, 0.25) is 10.0 Å². The maximum atomic E-state index is 12.3. The molecule has 25 heavy (non-hydrogen) atoms. The van der Waals surface area contributed by atoms with E-state index < -0.39 is 10.0 Å². The van der Waals surface area contributed by atoms with Gasteiger partial charge in [-0.2, -0.15) is 0 Å². The lowest BCUT2D eigenvalue weighted by molar-refractivity contribution is 0.0584. The fourth-order valence-electron chi connectivity index (χ4n) is 3.73. The largest absolute Gasteiger partial charge is 0.490 e. The lowest BCUT2D eigenvalue weighted by atomic mass is 10.00. The fourth-order valence-corrected chi connectivity index (χ4v) is 5.04. The van der Waals surface area contributed by atoms with Gasteiger partial charge in [0, 0.05) is 44.6 Å². The summed E-state index contributed by atoms with van der Waals surface area (Å²) in [6, 6.07) is 4.30. The topological polar surface area (TPSA) is 62.7 Å². The van der Waals surface area contributed by atoms with Gasteiger partial charge in [-0.1, -0.05) is 0 Å². The third kappa shape index (κ3) is 4.51. The van der Waals surface area contributed by atoms with Crippen LogP contribution in [0.4, 0.5) is 0 Å². The molecule has 3 heterocycles. The van der Waals surface area contributed by atoms with Crippen LogP contribution in [0.3, 0.4) is 0 Å². The van der Waals surface area contributed by atoms with Gasteiger partial charge in [-0.15, -0.1) is 0 Å². The van der Waals surface area contributed by atoms with Gasteiger partial charge in [0.15, 0.2) is 0 Å². The second-order valence-electron chi connectivity index (χ2n) is 7.26. The van der Waals surface area contributed by atoms with Gasteiger partial charge < -0.3 is 9.64 Å². The van der Waals surface area contributed by atoms with Crippen LogP contribution in [-0.2, 0) is 10.0 Å². The number of nitrogens with zero attached hydrogens (tertiary/aromatic N) is 3. The Bertz CT molecular complexity index is 635. The molecule has 0 unspecified atom stereocenters. The molecule has 0 atom stereocenters. The van der Waals surface area contributed by atoms with E-state index in [9.17, 15) is 8.42 Å². The first-order chi connectivity index (χ1) is 12.0. The van der Waals surface area contributed by atoms with Crippen LogP contribution < -0.4 is 4.74 Å². The zero-order chi connectivity index (χ0) is 17.9. The Morgan fingerprint density at radius 1 is 1.04 bits per heavy atom. The summed E-state index contributed by atoms with van der Waals surface area (Å²) in [5.74, 6) is 0.889. The summed E-state index contributed by atoms with van der Waals surface area (Å²) in [4.78, 5) is 6.53. The molecule has 0 N–H and O–H groups in total. The fraction of sp³-hybridized carbons (Fsp3) is 0.722. The van der Waals surface area contributed by atoms with Crippen molar-refractivity contribution in [2.75, 3.05) is 26.2 Å². The van der Waals surface area contributed by atoms with Gasteiger partial charge in [-0.3, -0.25) is 4.98 Å². The van der Waals surface area contributed by atoms with Crippen LogP contribution in [0.15, 0.2) is 24.5 Å². The third-order valence-electron chi connectivity index (χ3n) is 5.32. The van der Waals surface area contributed by atoms with Crippen LogP contribution in [0.5, 0.6) is 5.75 Å². The van der Waals surface area contributed by atoms with Crippen LogP contribution in [-0.4, -0.2) is 66.2 Å². The zero-order valence-corrected chi connectivity index (χ0v) is 16.0. The maximum absolute atomic E-state index is 12.3. The second kappa shape index (κ2) is 8.01. The predicted octanol–water partition coefficient (Wildman–Crippen LogP) is 2.13. The van der Waals surface area contributed by atoms with E-state index in [1.807, 2.05) is 12.1 Å². The molecule has 3 rings (SSSR count). The standard InChI is InChI=1S/C18H29N3O3S/c1-15(2)25(22,23)21-13-5-16(6-14-21)20-11-7-18(8-12-20)24-17-3-9-19-10-4-17/h3-4,9-10,15-16,18H,5-8,11-14H2,1-2H3. The maximum Gasteiger partial charge on any atom is 0.216 e. The first-order valence-corrected chi connectivity index (χ1v) is 10.8. The molecule has 2 aliphatic rings. The highest BCUT2D eigenvalue weighted by Crippen LogP contribution is 2.25. The Morgan fingerprint density at radius 3 is 2.20 bits per heavy atom. The van der Waals surface area contributed by atoms with E-state index in [1.54, 1.807) is 30.5 Å². The number of hydrogen-bond acceptors (Lipinski definition) is 5. The summed E-state index contributed by atoms with van der Waals surface area (Å²) >= 11 is 0. The molecule has 2 fully saturated rings. The summed E-state index contributed by atoms with van der Waals surface area (Å²) < 4.78 is 32.3. The van der Waals surface area contributed by atoms with Crippen LogP contribution in [0.1, 0.15) is 39.5 Å². The Kier molecular flexibility index (Phi) is 5.96. The predicted molar refractivity (Wildman–Crippen MR) is 98.1 cm³/mol. The van der Waals surface area contributed by atoms with E-state index in [1.165, 1.54) is 0 Å². The molecule has 1 aromatic rings. The van der Waals surface area contributed by atoms with E-state index in [4.69, 9.17) is 4.74 Å². The molecule has 6 nitrogen and oxygen atoms in total. The third-order valence-corrected chi connectivity index (χ3v) is 7.60. The van der Waals surface area contributed by atoms with E-state index in [0.29, 0.717) is 19.1 Å². The molecule has 0 amide bonds. The molecule has 140 valence electrons. The van der Waals surface area contributed by atoms with Crippen LogP contribution in [0.2, 0.25) is 0 Å². The monoisotopic (exact) mass is 367 g/mol. The first kappa shape index (κ1) is 18.6. The quantitative estimate of drug-likeness (QED) is 0.798. The first-order valence-electron chi connectivity index (χ1n) is 9.26. The highest BCUT2D eigenvalue weighted by atomic mass is 32.2. The lowest BCUT2D eigenvalue weighted by Gasteiger charge is -2.41. The number of pyridine rings is 1. The van der Waals surface area contributed by atoms with Crippen molar-refractivity contribution in [1.82, 2.24) is 14.2 Å². The van der Waals surface area contributed by atoms with Crippen LogP contribution in [0.25, 0.3) is 0 Å². The minimum atomic E-state index is -3.11. The van der Waals surface area contributed by atoms with Gasteiger partial charge in [-0.25, -0.2) is 12.7 Å².